The zero-order valence-corrected chi connectivity index (χ0v) is 9.00. The SMILES string of the molecule is C[C@@H](Cl)COc1c([N+](=O)[O-])ccc(F)c1F. The molecule has 16 heavy (non-hydrogen) atoms. The highest BCUT2D eigenvalue weighted by Gasteiger charge is 2.23. The Kier molecular flexibility index (Phi) is 4.00. The van der Waals surface area contributed by atoms with E-state index < -0.39 is 33.4 Å². The van der Waals surface area contributed by atoms with Gasteiger partial charge in [0.2, 0.25) is 11.6 Å². The molecule has 0 unspecified atom stereocenters. The molecule has 0 spiro atoms. The normalized spacial score (nSPS) is 12.2. The zero-order valence-electron chi connectivity index (χ0n) is 8.25. The predicted octanol–water partition coefficient (Wildman–Crippen LogP) is 2.88. The van der Waals surface area contributed by atoms with E-state index in [2.05, 4.69) is 0 Å². The minimum atomic E-state index is -1.38. The number of benzene rings is 1. The van der Waals surface area contributed by atoms with Gasteiger partial charge in [-0.05, 0) is 13.0 Å². The number of hydrogen-bond acceptors (Lipinski definition) is 3. The second-order valence-corrected chi connectivity index (χ2v) is 3.80. The van der Waals surface area contributed by atoms with E-state index in [-0.39, 0.29) is 6.61 Å². The summed E-state index contributed by atoms with van der Waals surface area (Å²) in [6.45, 7) is 1.41. The molecule has 0 bridgehead atoms. The summed E-state index contributed by atoms with van der Waals surface area (Å²) in [4.78, 5) is 9.68. The van der Waals surface area contributed by atoms with E-state index in [4.69, 9.17) is 16.3 Å². The Morgan fingerprint density at radius 2 is 2.19 bits per heavy atom. The van der Waals surface area contributed by atoms with Crippen molar-refractivity contribution in [1.29, 1.82) is 0 Å². The zero-order chi connectivity index (χ0) is 12.3. The summed E-state index contributed by atoms with van der Waals surface area (Å²) in [6, 6.07) is 1.51. The first-order chi connectivity index (χ1) is 7.43. The lowest BCUT2D eigenvalue weighted by Crippen LogP contribution is -2.10. The van der Waals surface area contributed by atoms with Gasteiger partial charge in [0.15, 0.2) is 5.82 Å². The van der Waals surface area contributed by atoms with Crippen LogP contribution in [0.1, 0.15) is 6.92 Å². The molecular weight excluding hydrogens is 244 g/mol. The van der Waals surface area contributed by atoms with Gasteiger partial charge in [0.1, 0.15) is 6.61 Å². The van der Waals surface area contributed by atoms with Gasteiger partial charge < -0.3 is 4.74 Å². The Morgan fingerprint density at radius 3 is 2.69 bits per heavy atom. The van der Waals surface area contributed by atoms with Gasteiger partial charge in [-0.25, -0.2) is 4.39 Å². The van der Waals surface area contributed by atoms with Crippen LogP contribution in [0.2, 0.25) is 0 Å². The lowest BCUT2D eigenvalue weighted by atomic mass is 10.2. The van der Waals surface area contributed by atoms with Crippen molar-refractivity contribution in [1.82, 2.24) is 0 Å². The molecule has 1 rings (SSSR count). The average Bonchev–Trinajstić information content (AvgIpc) is 2.19. The molecule has 0 N–H and O–H groups in total. The van der Waals surface area contributed by atoms with Crippen LogP contribution in [0.3, 0.4) is 0 Å². The maximum absolute atomic E-state index is 13.2. The van der Waals surface area contributed by atoms with Crippen LogP contribution in [0.25, 0.3) is 0 Å². The Balaban J connectivity index is 3.11. The highest BCUT2D eigenvalue weighted by Crippen LogP contribution is 2.31. The van der Waals surface area contributed by atoms with E-state index in [1.165, 1.54) is 0 Å². The maximum atomic E-state index is 13.2. The third-order valence-electron chi connectivity index (χ3n) is 1.68. The van der Waals surface area contributed by atoms with E-state index in [0.29, 0.717) is 6.07 Å². The summed E-state index contributed by atoms with van der Waals surface area (Å²) >= 11 is 5.54. The molecule has 0 saturated heterocycles. The van der Waals surface area contributed by atoms with Gasteiger partial charge in [-0.15, -0.1) is 11.6 Å². The number of ether oxygens (including phenoxy) is 1. The molecule has 4 nitrogen and oxygen atoms in total. The van der Waals surface area contributed by atoms with Crippen LogP contribution in [0.5, 0.6) is 5.75 Å². The molecule has 0 radical (unpaired) electrons. The van der Waals surface area contributed by atoms with Gasteiger partial charge in [-0.1, -0.05) is 0 Å². The number of rotatable bonds is 4. The molecule has 7 heteroatoms. The number of halogens is 3. The van der Waals surface area contributed by atoms with E-state index in [9.17, 15) is 18.9 Å². The molecule has 1 atom stereocenters. The summed E-state index contributed by atoms with van der Waals surface area (Å²) in [5.74, 6) is -3.31. The monoisotopic (exact) mass is 251 g/mol. The Hall–Kier alpha value is -1.43. The van der Waals surface area contributed by atoms with Crippen molar-refractivity contribution in [3.8, 4) is 5.75 Å². The molecule has 0 aliphatic rings. The van der Waals surface area contributed by atoms with Crippen molar-refractivity contribution in [2.24, 2.45) is 0 Å². The van der Waals surface area contributed by atoms with Crippen LogP contribution in [-0.4, -0.2) is 16.9 Å². The summed E-state index contributed by atoms with van der Waals surface area (Å²) in [5, 5.41) is 10.1. The summed E-state index contributed by atoms with van der Waals surface area (Å²) in [6.07, 6.45) is 0. The minimum Gasteiger partial charge on any atom is -0.483 e. The molecule has 0 aliphatic carbocycles. The van der Waals surface area contributed by atoms with Crippen molar-refractivity contribution in [2.45, 2.75) is 12.3 Å². The highest BCUT2D eigenvalue weighted by molar-refractivity contribution is 6.20. The molecule has 1 aromatic rings. The van der Waals surface area contributed by atoms with Crippen molar-refractivity contribution >= 4 is 17.3 Å². The van der Waals surface area contributed by atoms with Crippen LogP contribution < -0.4 is 4.74 Å². The largest absolute Gasteiger partial charge is 0.483 e. The van der Waals surface area contributed by atoms with E-state index >= 15 is 0 Å². The second-order valence-electron chi connectivity index (χ2n) is 3.06. The van der Waals surface area contributed by atoms with E-state index in [1.54, 1.807) is 6.92 Å². The molecule has 88 valence electrons. The van der Waals surface area contributed by atoms with Crippen molar-refractivity contribution in [3.05, 3.63) is 33.9 Å². The van der Waals surface area contributed by atoms with E-state index in [1.807, 2.05) is 0 Å². The van der Waals surface area contributed by atoms with Crippen LogP contribution in [0.4, 0.5) is 14.5 Å². The molecular formula is C9H8ClF2NO3. The second kappa shape index (κ2) is 5.07. The quantitative estimate of drug-likeness (QED) is 0.470. The fourth-order valence-electron chi connectivity index (χ4n) is 1.00. The lowest BCUT2D eigenvalue weighted by molar-refractivity contribution is -0.386. The number of nitro groups is 1. The van der Waals surface area contributed by atoms with Gasteiger partial charge in [0, 0.05) is 6.07 Å². The summed E-state index contributed by atoms with van der Waals surface area (Å²) in [5.41, 5.74) is -0.629. The van der Waals surface area contributed by atoms with Crippen molar-refractivity contribution in [2.75, 3.05) is 6.61 Å². The van der Waals surface area contributed by atoms with Crippen LogP contribution in [-0.2, 0) is 0 Å². The summed E-state index contributed by atoms with van der Waals surface area (Å²) < 4.78 is 30.8. The Labute approximate surface area is 94.9 Å². The molecule has 1 aromatic carbocycles. The Bertz CT molecular complexity index is 412. The highest BCUT2D eigenvalue weighted by atomic mass is 35.5. The first kappa shape index (κ1) is 12.6. The van der Waals surface area contributed by atoms with Gasteiger partial charge in [0.05, 0.1) is 10.3 Å². The predicted molar refractivity (Wildman–Crippen MR) is 53.8 cm³/mol. The molecule has 0 saturated carbocycles. The summed E-state index contributed by atoms with van der Waals surface area (Å²) in [7, 11) is 0. The molecule has 0 aliphatic heterocycles. The fourth-order valence-corrected chi connectivity index (χ4v) is 1.06. The number of hydrogen-bond donors (Lipinski definition) is 0. The lowest BCUT2D eigenvalue weighted by Gasteiger charge is -2.08. The van der Waals surface area contributed by atoms with E-state index in [0.717, 1.165) is 6.07 Å². The van der Waals surface area contributed by atoms with Gasteiger partial charge in [0.25, 0.3) is 0 Å². The van der Waals surface area contributed by atoms with Crippen LogP contribution >= 0.6 is 11.6 Å². The van der Waals surface area contributed by atoms with Crippen molar-refractivity contribution < 1.29 is 18.4 Å². The molecule has 0 amide bonds. The number of alkyl halides is 1. The van der Waals surface area contributed by atoms with Crippen LogP contribution in [0.15, 0.2) is 12.1 Å². The van der Waals surface area contributed by atoms with Gasteiger partial charge in [-0.3, -0.25) is 10.1 Å². The Morgan fingerprint density at radius 1 is 1.56 bits per heavy atom. The van der Waals surface area contributed by atoms with Gasteiger partial charge >= 0.3 is 5.69 Å². The molecule has 0 aromatic heterocycles. The standard InChI is InChI=1S/C9H8ClF2NO3/c1-5(10)4-16-9-7(13(14)15)3-2-6(11)8(9)12/h2-3,5H,4H2,1H3/t5-/m1/s1. The smallest absolute Gasteiger partial charge is 0.314 e. The third kappa shape index (κ3) is 2.79. The number of nitrogens with zero attached hydrogens (tertiary/aromatic N) is 1. The molecule has 0 fully saturated rings. The van der Waals surface area contributed by atoms with Crippen molar-refractivity contribution in [3.63, 3.8) is 0 Å². The number of nitro benzene ring substituents is 1. The van der Waals surface area contributed by atoms with Gasteiger partial charge in [-0.2, -0.15) is 4.39 Å². The van der Waals surface area contributed by atoms with Crippen LogP contribution in [0, 0.1) is 21.7 Å². The average molecular weight is 252 g/mol. The first-order valence-corrected chi connectivity index (χ1v) is 4.76. The maximum Gasteiger partial charge on any atom is 0.314 e. The topological polar surface area (TPSA) is 52.4 Å². The first-order valence-electron chi connectivity index (χ1n) is 4.32. The minimum absolute atomic E-state index is 0.150. The molecule has 0 heterocycles. The third-order valence-corrected chi connectivity index (χ3v) is 1.81. The fraction of sp³-hybridized carbons (Fsp3) is 0.333.